The molecule has 1 atom stereocenters. The first-order valence-corrected chi connectivity index (χ1v) is 9.62. The molecule has 0 saturated carbocycles. The van der Waals surface area contributed by atoms with Crippen molar-refractivity contribution in [3.63, 3.8) is 0 Å². The minimum atomic E-state index is 0.349. The van der Waals surface area contributed by atoms with E-state index in [1.807, 2.05) is 19.3 Å². The fourth-order valence-electron chi connectivity index (χ4n) is 4.14. The van der Waals surface area contributed by atoms with Gasteiger partial charge < -0.3 is 18.5 Å². The zero-order valence-electron chi connectivity index (χ0n) is 15.8. The van der Waals surface area contributed by atoms with E-state index in [9.17, 15) is 0 Å². The molecule has 2 aliphatic heterocycles. The average Bonchev–Trinajstić information content (AvgIpc) is 3.22. The van der Waals surface area contributed by atoms with Gasteiger partial charge >= 0.3 is 0 Å². The van der Waals surface area contributed by atoms with Gasteiger partial charge in [0.1, 0.15) is 11.5 Å². The lowest BCUT2D eigenvalue weighted by Crippen LogP contribution is -2.36. The summed E-state index contributed by atoms with van der Waals surface area (Å²) in [5, 5.41) is 0. The van der Waals surface area contributed by atoms with Gasteiger partial charge in [-0.3, -0.25) is 4.90 Å². The molecule has 2 aliphatic rings. The summed E-state index contributed by atoms with van der Waals surface area (Å²) in [4.78, 5) is 7.03. The molecule has 0 N–H and O–H groups in total. The number of hydrogen-bond acceptors (Lipinski definition) is 5. The molecule has 0 aromatic carbocycles. The van der Waals surface area contributed by atoms with Crippen LogP contribution in [0.25, 0.3) is 0 Å². The van der Waals surface area contributed by atoms with Crippen LogP contribution >= 0.6 is 0 Å². The van der Waals surface area contributed by atoms with Crippen LogP contribution < -0.4 is 0 Å². The maximum absolute atomic E-state index is 6.15. The molecule has 4 heterocycles. The van der Waals surface area contributed by atoms with Gasteiger partial charge in [-0.2, -0.15) is 0 Å². The molecule has 0 radical (unpaired) electrons. The molecule has 1 saturated heterocycles. The molecular weight excluding hydrogens is 330 g/mol. The third-order valence-electron chi connectivity index (χ3n) is 5.49. The zero-order valence-corrected chi connectivity index (χ0v) is 15.8. The smallest absolute Gasteiger partial charge is 0.118 e. The second kappa shape index (κ2) is 7.94. The Bertz CT molecular complexity index is 718. The van der Waals surface area contributed by atoms with E-state index in [0.717, 1.165) is 70.4 Å². The van der Waals surface area contributed by atoms with Gasteiger partial charge in [-0.25, -0.2) is 4.98 Å². The van der Waals surface area contributed by atoms with Crippen molar-refractivity contribution in [2.45, 2.75) is 38.8 Å². The normalized spacial score (nSPS) is 21.8. The van der Waals surface area contributed by atoms with E-state index < -0.39 is 0 Å². The number of ether oxygens (including phenoxy) is 2. The average molecular weight is 359 g/mol. The maximum atomic E-state index is 6.15. The first kappa shape index (κ1) is 17.8. The number of imidazole rings is 1. The van der Waals surface area contributed by atoms with Crippen LogP contribution in [0.1, 0.15) is 41.7 Å². The summed E-state index contributed by atoms with van der Waals surface area (Å²) in [6, 6.07) is 4.10. The lowest BCUT2D eigenvalue weighted by atomic mass is 9.98. The molecule has 142 valence electrons. The lowest BCUT2D eigenvalue weighted by molar-refractivity contribution is 0.0125. The van der Waals surface area contributed by atoms with Crippen molar-refractivity contribution in [1.82, 2.24) is 14.5 Å². The highest BCUT2D eigenvalue weighted by Gasteiger charge is 2.30. The molecule has 6 nitrogen and oxygen atoms in total. The van der Waals surface area contributed by atoms with Crippen LogP contribution in [0.5, 0.6) is 0 Å². The second-order valence-electron chi connectivity index (χ2n) is 7.66. The van der Waals surface area contributed by atoms with Crippen molar-refractivity contribution in [2.24, 2.45) is 13.0 Å². The van der Waals surface area contributed by atoms with E-state index in [-0.39, 0.29) is 0 Å². The Hall–Kier alpha value is -1.63. The minimum absolute atomic E-state index is 0.349. The van der Waals surface area contributed by atoms with Crippen LogP contribution in [0.3, 0.4) is 0 Å². The molecular formula is C20H29N3O3. The number of furan rings is 1. The van der Waals surface area contributed by atoms with Crippen molar-refractivity contribution in [1.29, 1.82) is 0 Å². The first-order chi connectivity index (χ1) is 12.7. The first-order valence-electron chi connectivity index (χ1n) is 9.62. The lowest BCUT2D eigenvalue weighted by Gasteiger charge is -2.32. The van der Waals surface area contributed by atoms with Gasteiger partial charge in [-0.05, 0) is 37.8 Å². The zero-order chi connectivity index (χ0) is 17.9. The van der Waals surface area contributed by atoms with Crippen LogP contribution in [-0.4, -0.2) is 47.4 Å². The molecule has 2 aromatic rings. The second-order valence-corrected chi connectivity index (χ2v) is 7.66. The Balaban J connectivity index is 1.39. The molecule has 6 heteroatoms. The van der Waals surface area contributed by atoms with E-state index >= 15 is 0 Å². The van der Waals surface area contributed by atoms with Gasteiger partial charge in [-0.15, -0.1) is 0 Å². The number of aryl methyl sites for hydroxylation is 2. The Morgan fingerprint density at radius 2 is 2.08 bits per heavy atom. The van der Waals surface area contributed by atoms with Crippen LogP contribution in [0.15, 0.2) is 22.9 Å². The molecule has 0 aliphatic carbocycles. The van der Waals surface area contributed by atoms with E-state index in [1.54, 1.807) is 0 Å². The summed E-state index contributed by atoms with van der Waals surface area (Å²) in [7, 11) is 2.09. The van der Waals surface area contributed by atoms with Gasteiger partial charge in [0.2, 0.25) is 0 Å². The quantitative estimate of drug-likeness (QED) is 0.794. The third kappa shape index (κ3) is 4.03. The van der Waals surface area contributed by atoms with Gasteiger partial charge in [0.25, 0.3) is 0 Å². The molecule has 0 bridgehead atoms. The Labute approximate surface area is 155 Å². The topological polar surface area (TPSA) is 52.7 Å². The highest BCUT2D eigenvalue weighted by atomic mass is 16.5. The van der Waals surface area contributed by atoms with Crippen molar-refractivity contribution in [3.8, 4) is 0 Å². The maximum Gasteiger partial charge on any atom is 0.118 e. The molecule has 0 unspecified atom stereocenters. The Morgan fingerprint density at radius 3 is 2.85 bits per heavy atom. The fourth-order valence-corrected chi connectivity index (χ4v) is 4.14. The highest BCUT2D eigenvalue weighted by molar-refractivity contribution is 5.22. The summed E-state index contributed by atoms with van der Waals surface area (Å²) < 4.78 is 19.5. The summed E-state index contributed by atoms with van der Waals surface area (Å²) in [5.74, 6) is 2.97. The summed E-state index contributed by atoms with van der Waals surface area (Å²) >= 11 is 0. The molecule has 2 aromatic heterocycles. The van der Waals surface area contributed by atoms with Gasteiger partial charge in [0.15, 0.2) is 0 Å². The van der Waals surface area contributed by atoms with Crippen LogP contribution in [-0.2, 0) is 29.6 Å². The number of fused-ring (bicyclic) bond motifs is 1. The van der Waals surface area contributed by atoms with E-state index in [1.165, 1.54) is 11.4 Å². The highest BCUT2D eigenvalue weighted by Crippen LogP contribution is 2.29. The number of aromatic nitrogens is 2. The van der Waals surface area contributed by atoms with Gasteiger partial charge in [0.05, 0.1) is 25.2 Å². The molecule has 26 heavy (non-hydrogen) atoms. The van der Waals surface area contributed by atoms with Crippen LogP contribution in [0, 0.1) is 12.8 Å². The van der Waals surface area contributed by atoms with Crippen molar-refractivity contribution in [2.75, 3.05) is 33.0 Å². The van der Waals surface area contributed by atoms with Crippen molar-refractivity contribution in [3.05, 3.63) is 41.4 Å². The minimum Gasteiger partial charge on any atom is -0.465 e. The Kier molecular flexibility index (Phi) is 5.43. The van der Waals surface area contributed by atoms with Gasteiger partial charge in [0, 0.05) is 51.6 Å². The van der Waals surface area contributed by atoms with Gasteiger partial charge in [-0.1, -0.05) is 0 Å². The Morgan fingerprint density at radius 1 is 1.23 bits per heavy atom. The summed E-state index contributed by atoms with van der Waals surface area (Å²) in [6.07, 6.45) is 4.16. The standard InChI is InChI=1S/C20H29N3O3/c1-15-3-4-18(26-15)10-23-9-17(20-19(11-23)21-14-22(20)2)13-25-12-16-5-7-24-8-6-16/h3-4,14,16-17H,5-13H2,1-2H3/t17-/m1/s1. The van der Waals surface area contributed by atoms with E-state index in [0.29, 0.717) is 11.8 Å². The van der Waals surface area contributed by atoms with Crippen molar-refractivity contribution < 1.29 is 13.9 Å². The predicted molar refractivity (Wildman–Crippen MR) is 97.9 cm³/mol. The summed E-state index contributed by atoms with van der Waals surface area (Å²) in [5.41, 5.74) is 2.49. The van der Waals surface area contributed by atoms with Crippen molar-refractivity contribution >= 4 is 0 Å². The van der Waals surface area contributed by atoms with E-state index in [2.05, 4.69) is 27.6 Å². The van der Waals surface area contributed by atoms with E-state index in [4.69, 9.17) is 13.9 Å². The summed E-state index contributed by atoms with van der Waals surface area (Å²) in [6.45, 7) is 7.98. The molecule has 1 fully saturated rings. The largest absolute Gasteiger partial charge is 0.465 e. The molecule has 0 spiro atoms. The number of rotatable bonds is 6. The monoisotopic (exact) mass is 359 g/mol. The third-order valence-corrected chi connectivity index (χ3v) is 5.49. The van der Waals surface area contributed by atoms with Crippen LogP contribution in [0.4, 0.5) is 0 Å². The number of nitrogens with zero attached hydrogens (tertiary/aromatic N) is 3. The molecule has 0 amide bonds. The SMILES string of the molecule is Cc1ccc(CN2Cc3ncn(C)c3[C@@H](COCC3CCOCC3)C2)o1. The fraction of sp³-hybridized carbons (Fsp3) is 0.650. The molecule has 4 rings (SSSR count). The number of hydrogen-bond donors (Lipinski definition) is 0. The van der Waals surface area contributed by atoms with Crippen LogP contribution in [0.2, 0.25) is 0 Å². The predicted octanol–water partition coefficient (Wildman–Crippen LogP) is 2.86.